The Balaban J connectivity index is 1.98. The van der Waals surface area contributed by atoms with Gasteiger partial charge in [0.2, 0.25) is 5.91 Å². The van der Waals surface area contributed by atoms with Crippen LogP contribution in [0.25, 0.3) is 0 Å². The second-order valence-corrected chi connectivity index (χ2v) is 6.21. The molecule has 0 radical (unpaired) electrons. The summed E-state index contributed by atoms with van der Waals surface area (Å²) in [5.41, 5.74) is 0.806. The number of methoxy groups -OCH3 is 2. The van der Waals surface area contributed by atoms with Gasteiger partial charge in [0.15, 0.2) is 17.3 Å². The lowest BCUT2D eigenvalue weighted by Gasteiger charge is -2.32. The number of ether oxygens (including phenoxy) is 3. The van der Waals surface area contributed by atoms with Crippen LogP contribution in [-0.4, -0.2) is 53.2 Å². The van der Waals surface area contributed by atoms with Crippen molar-refractivity contribution in [3.8, 4) is 11.5 Å². The maximum Gasteiger partial charge on any atom is 0.246 e. The van der Waals surface area contributed by atoms with Crippen LogP contribution in [-0.2, 0) is 16.1 Å². The number of aliphatic hydroxyl groups is 1. The number of nitrogens with zero attached hydrogens (tertiary/aromatic N) is 3. The standard InChI is InChI=1S/C18H24N4O5/c1-11-19-18(22(21-11)7-4-8-23)17-16(20-15(24)10-27-17)12-5-6-13(25-2)14(9-12)26-3/h5-6,9,16-17,23H,4,7-8,10H2,1-3H3,(H,20,24)/t16-,17+/m1/s1. The van der Waals surface area contributed by atoms with Crippen molar-refractivity contribution >= 4 is 5.91 Å². The molecule has 9 nitrogen and oxygen atoms in total. The molecule has 1 aliphatic rings. The van der Waals surface area contributed by atoms with Crippen LogP contribution in [0.4, 0.5) is 0 Å². The fourth-order valence-corrected chi connectivity index (χ4v) is 3.15. The Morgan fingerprint density at radius 1 is 1.33 bits per heavy atom. The van der Waals surface area contributed by atoms with Crippen LogP contribution in [0.3, 0.4) is 0 Å². The third-order valence-electron chi connectivity index (χ3n) is 4.37. The zero-order chi connectivity index (χ0) is 19.4. The van der Waals surface area contributed by atoms with Gasteiger partial charge in [0.25, 0.3) is 0 Å². The molecule has 2 heterocycles. The molecule has 1 saturated heterocycles. The summed E-state index contributed by atoms with van der Waals surface area (Å²) in [6.07, 6.45) is 0.0382. The van der Waals surface area contributed by atoms with E-state index in [1.165, 1.54) is 0 Å². The van der Waals surface area contributed by atoms with Crippen molar-refractivity contribution in [1.82, 2.24) is 20.1 Å². The number of rotatable bonds is 7. The molecule has 146 valence electrons. The number of nitrogens with one attached hydrogen (secondary N) is 1. The van der Waals surface area contributed by atoms with Gasteiger partial charge < -0.3 is 24.6 Å². The molecule has 0 unspecified atom stereocenters. The summed E-state index contributed by atoms with van der Waals surface area (Å²) < 4.78 is 18.2. The van der Waals surface area contributed by atoms with Crippen LogP contribution < -0.4 is 14.8 Å². The van der Waals surface area contributed by atoms with E-state index < -0.39 is 12.1 Å². The van der Waals surface area contributed by atoms with Gasteiger partial charge in [-0.15, -0.1) is 0 Å². The summed E-state index contributed by atoms with van der Waals surface area (Å²) in [7, 11) is 3.13. The van der Waals surface area contributed by atoms with Gasteiger partial charge in [0.1, 0.15) is 18.5 Å². The molecule has 0 saturated carbocycles. The normalized spacial score (nSPS) is 19.6. The molecule has 1 aromatic carbocycles. The predicted molar refractivity (Wildman–Crippen MR) is 95.6 cm³/mol. The number of aliphatic hydroxyl groups excluding tert-OH is 1. The lowest BCUT2D eigenvalue weighted by Crippen LogP contribution is -2.42. The first-order chi connectivity index (χ1) is 13.1. The number of hydrogen-bond donors (Lipinski definition) is 2. The summed E-state index contributed by atoms with van der Waals surface area (Å²) in [4.78, 5) is 16.5. The van der Waals surface area contributed by atoms with E-state index in [1.807, 2.05) is 12.1 Å². The first-order valence-electron chi connectivity index (χ1n) is 8.72. The van der Waals surface area contributed by atoms with Crippen molar-refractivity contribution in [2.24, 2.45) is 0 Å². The number of amides is 1. The van der Waals surface area contributed by atoms with E-state index in [2.05, 4.69) is 15.4 Å². The molecule has 27 heavy (non-hydrogen) atoms. The minimum absolute atomic E-state index is 0.0552. The molecule has 0 bridgehead atoms. The van der Waals surface area contributed by atoms with Gasteiger partial charge in [-0.25, -0.2) is 9.67 Å². The molecule has 1 aromatic heterocycles. The van der Waals surface area contributed by atoms with Gasteiger partial charge in [-0.1, -0.05) is 6.07 Å². The number of carbonyl (C=O) groups is 1. The summed E-state index contributed by atoms with van der Waals surface area (Å²) in [5.74, 6) is 2.17. The fraction of sp³-hybridized carbons (Fsp3) is 0.500. The average Bonchev–Trinajstić information content (AvgIpc) is 3.05. The van der Waals surface area contributed by atoms with Crippen molar-refractivity contribution in [2.45, 2.75) is 32.0 Å². The zero-order valence-corrected chi connectivity index (χ0v) is 15.6. The lowest BCUT2D eigenvalue weighted by molar-refractivity contribution is -0.138. The van der Waals surface area contributed by atoms with E-state index in [9.17, 15) is 4.79 Å². The highest BCUT2D eigenvalue weighted by Gasteiger charge is 2.36. The van der Waals surface area contributed by atoms with Gasteiger partial charge >= 0.3 is 0 Å². The van der Waals surface area contributed by atoms with Gasteiger partial charge in [0.05, 0.1) is 20.3 Å². The summed E-state index contributed by atoms with van der Waals surface area (Å²) in [5, 5.41) is 16.5. The monoisotopic (exact) mass is 376 g/mol. The van der Waals surface area contributed by atoms with Gasteiger partial charge in [-0.3, -0.25) is 4.79 Å². The Labute approximate surface area is 157 Å². The third-order valence-corrected chi connectivity index (χ3v) is 4.37. The molecule has 3 rings (SSSR count). The summed E-state index contributed by atoms with van der Waals surface area (Å²) in [6.45, 7) is 2.31. The Bertz CT molecular complexity index is 807. The Hall–Kier alpha value is -2.65. The molecule has 0 aliphatic carbocycles. The smallest absolute Gasteiger partial charge is 0.246 e. The molecule has 2 aromatic rings. The third kappa shape index (κ3) is 4.04. The van der Waals surface area contributed by atoms with Crippen molar-refractivity contribution in [2.75, 3.05) is 27.4 Å². The van der Waals surface area contributed by atoms with Crippen LogP contribution >= 0.6 is 0 Å². The van der Waals surface area contributed by atoms with E-state index in [-0.39, 0.29) is 19.1 Å². The van der Waals surface area contributed by atoms with Crippen molar-refractivity contribution in [3.05, 3.63) is 35.4 Å². The molecule has 1 aliphatic heterocycles. The number of carbonyl (C=O) groups excluding carboxylic acids is 1. The molecular weight excluding hydrogens is 352 g/mol. The maximum atomic E-state index is 12.0. The maximum absolute atomic E-state index is 12.0. The molecule has 2 atom stereocenters. The van der Waals surface area contributed by atoms with Crippen LogP contribution in [0.5, 0.6) is 11.5 Å². The predicted octanol–water partition coefficient (Wildman–Crippen LogP) is 0.915. The Kier molecular flexibility index (Phi) is 5.92. The highest BCUT2D eigenvalue weighted by molar-refractivity contribution is 5.78. The van der Waals surface area contributed by atoms with E-state index in [0.717, 1.165) is 5.56 Å². The highest BCUT2D eigenvalue weighted by Crippen LogP contribution is 2.37. The topological polar surface area (TPSA) is 108 Å². The molecule has 1 fully saturated rings. The first kappa shape index (κ1) is 19.1. The number of benzene rings is 1. The second-order valence-electron chi connectivity index (χ2n) is 6.21. The summed E-state index contributed by atoms with van der Waals surface area (Å²) in [6, 6.07) is 5.00. The minimum atomic E-state index is -0.513. The molecular formula is C18H24N4O5. The second kappa shape index (κ2) is 8.36. The lowest BCUT2D eigenvalue weighted by atomic mass is 9.98. The van der Waals surface area contributed by atoms with E-state index in [4.69, 9.17) is 19.3 Å². The number of morpholine rings is 1. The Morgan fingerprint density at radius 3 is 2.81 bits per heavy atom. The zero-order valence-electron chi connectivity index (χ0n) is 15.6. The number of aromatic nitrogens is 3. The van der Waals surface area contributed by atoms with Crippen molar-refractivity contribution in [1.29, 1.82) is 0 Å². The van der Waals surface area contributed by atoms with E-state index >= 15 is 0 Å². The minimum Gasteiger partial charge on any atom is -0.493 e. The van der Waals surface area contributed by atoms with Crippen LogP contribution in [0.2, 0.25) is 0 Å². The quantitative estimate of drug-likeness (QED) is 0.740. The fourth-order valence-electron chi connectivity index (χ4n) is 3.15. The van der Waals surface area contributed by atoms with Crippen molar-refractivity contribution in [3.63, 3.8) is 0 Å². The Morgan fingerprint density at radius 2 is 2.11 bits per heavy atom. The highest BCUT2D eigenvalue weighted by atomic mass is 16.5. The number of aryl methyl sites for hydroxylation is 2. The van der Waals surface area contributed by atoms with E-state index in [1.54, 1.807) is 31.9 Å². The van der Waals surface area contributed by atoms with Gasteiger partial charge in [-0.05, 0) is 31.0 Å². The SMILES string of the molecule is COc1ccc([C@H]2NC(=O)CO[C@@H]2c2nc(C)nn2CCCO)cc1OC. The largest absolute Gasteiger partial charge is 0.493 e. The van der Waals surface area contributed by atoms with Gasteiger partial charge in [-0.2, -0.15) is 5.10 Å². The average molecular weight is 376 g/mol. The van der Waals surface area contributed by atoms with Crippen LogP contribution in [0, 0.1) is 6.92 Å². The van der Waals surface area contributed by atoms with E-state index in [0.29, 0.717) is 36.1 Å². The number of hydrogen-bond acceptors (Lipinski definition) is 7. The van der Waals surface area contributed by atoms with Crippen LogP contribution in [0.15, 0.2) is 18.2 Å². The summed E-state index contributed by atoms with van der Waals surface area (Å²) >= 11 is 0. The van der Waals surface area contributed by atoms with Crippen LogP contribution in [0.1, 0.15) is 35.8 Å². The molecule has 9 heteroatoms. The molecule has 2 N–H and O–H groups in total. The first-order valence-corrected chi connectivity index (χ1v) is 8.72. The van der Waals surface area contributed by atoms with Crippen molar-refractivity contribution < 1.29 is 24.1 Å². The molecule has 0 spiro atoms. The van der Waals surface area contributed by atoms with Gasteiger partial charge in [0, 0.05) is 13.2 Å². The molecule has 1 amide bonds.